The molecule has 1 heterocycles. The number of rotatable bonds is 4. The lowest BCUT2D eigenvalue weighted by molar-refractivity contribution is 0.582. The molecule has 0 atom stereocenters. The number of hydrogen-bond acceptors (Lipinski definition) is 3. The van der Waals surface area contributed by atoms with Crippen molar-refractivity contribution < 1.29 is 0 Å². The Morgan fingerprint density at radius 1 is 1.38 bits per heavy atom. The van der Waals surface area contributed by atoms with E-state index in [1.165, 1.54) is 0 Å². The first-order chi connectivity index (χ1) is 6.22. The molecular formula is C10H17N3. The van der Waals surface area contributed by atoms with Crippen molar-refractivity contribution in [2.45, 2.75) is 26.4 Å². The van der Waals surface area contributed by atoms with Gasteiger partial charge in [0.25, 0.3) is 0 Å². The van der Waals surface area contributed by atoms with Crippen molar-refractivity contribution in [1.29, 1.82) is 0 Å². The van der Waals surface area contributed by atoms with E-state index in [1.807, 2.05) is 25.2 Å². The summed E-state index contributed by atoms with van der Waals surface area (Å²) in [5, 5.41) is 6.34. The van der Waals surface area contributed by atoms with Crippen LogP contribution in [-0.2, 0) is 6.54 Å². The van der Waals surface area contributed by atoms with E-state index in [2.05, 4.69) is 29.5 Å². The average Bonchev–Trinajstić information content (AvgIpc) is 2.15. The molecule has 0 spiro atoms. The first kappa shape index (κ1) is 9.99. The SMILES string of the molecule is CNc1cccc(CNC(C)C)n1. The second-order valence-corrected chi connectivity index (χ2v) is 3.30. The summed E-state index contributed by atoms with van der Waals surface area (Å²) >= 11 is 0. The highest BCUT2D eigenvalue weighted by atomic mass is 15.0. The number of hydrogen-bond donors (Lipinski definition) is 2. The van der Waals surface area contributed by atoms with E-state index in [0.717, 1.165) is 18.1 Å². The van der Waals surface area contributed by atoms with E-state index in [4.69, 9.17) is 0 Å². The number of pyridine rings is 1. The number of nitrogens with zero attached hydrogens (tertiary/aromatic N) is 1. The van der Waals surface area contributed by atoms with Gasteiger partial charge in [-0.1, -0.05) is 19.9 Å². The second kappa shape index (κ2) is 4.82. The summed E-state index contributed by atoms with van der Waals surface area (Å²) in [6.07, 6.45) is 0. The second-order valence-electron chi connectivity index (χ2n) is 3.30. The van der Waals surface area contributed by atoms with Crippen LogP contribution in [0.2, 0.25) is 0 Å². The maximum atomic E-state index is 4.39. The minimum atomic E-state index is 0.500. The van der Waals surface area contributed by atoms with E-state index < -0.39 is 0 Å². The van der Waals surface area contributed by atoms with E-state index in [1.54, 1.807) is 0 Å². The van der Waals surface area contributed by atoms with Gasteiger partial charge in [0.2, 0.25) is 0 Å². The lowest BCUT2D eigenvalue weighted by atomic mass is 10.3. The van der Waals surface area contributed by atoms with Crippen LogP contribution in [0.5, 0.6) is 0 Å². The van der Waals surface area contributed by atoms with Crippen molar-refractivity contribution >= 4 is 5.82 Å². The van der Waals surface area contributed by atoms with Crippen molar-refractivity contribution in [3.63, 3.8) is 0 Å². The minimum absolute atomic E-state index is 0.500. The minimum Gasteiger partial charge on any atom is -0.373 e. The molecule has 0 aromatic carbocycles. The van der Waals surface area contributed by atoms with Crippen LogP contribution < -0.4 is 10.6 Å². The van der Waals surface area contributed by atoms with Gasteiger partial charge in [-0.05, 0) is 12.1 Å². The third-order valence-electron chi connectivity index (χ3n) is 1.75. The zero-order chi connectivity index (χ0) is 9.68. The third kappa shape index (κ3) is 3.42. The first-order valence-corrected chi connectivity index (χ1v) is 4.59. The summed E-state index contributed by atoms with van der Waals surface area (Å²) in [4.78, 5) is 4.39. The van der Waals surface area contributed by atoms with Gasteiger partial charge in [0.1, 0.15) is 5.82 Å². The molecule has 1 aromatic heterocycles. The van der Waals surface area contributed by atoms with E-state index in [-0.39, 0.29) is 0 Å². The summed E-state index contributed by atoms with van der Waals surface area (Å²) in [7, 11) is 1.88. The van der Waals surface area contributed by atoms with Crippen LogP contribution in [-0.4, -0.2) is 18.1 Å². The molecule has 3 nitrogen and oxygen atoms in total. The Balaban J connectivity index is 2.56. The normalized spacial score (nSPS) is 10.5. The average molecular weight is 179 g/mol. The Morgan fingerprint density at radius 3 is 2.77 bits per heavy atom. The lowest BCUT2D eigenvalue weighted by Crippen LogP contribution is -2.22. The molecule has 1 rings (SSSR count). The molecule has 2 N–H and O–H groups in total. The van der Waals surface area contributed by atoms with Gasteiger partial charge < -0.3 is 10.6 Å². The monoisotopic (exact) mass is 179 g/mol. The van der Waals surface area contributed by atoms with Gasteiger partial charge in [0.05, 0.1) is 5.69 Å². The van der Waals surface area contributed by atoms with Crippen LogP contribution in [0, 0.1) is 0 Å². The maximum Gasteiger partial charge on any atom is 0.126 e. The molecule has 0 fully saturated rings. The van der Waals surface area contributed by atoms with Crippen LogP contribution >= 0.6 is 0 Å². The van der Waals surface area contributed by atoms with Crippen LogP contribution in [0.25, 0.3) is 0 Å². The summed E-state index contributed by atoms with van der Waals surface area (Å²) in [5.41, 5.74) is 1.07. The predicted octanol–water partition coefficient (Wildman–Crippen LogP) is 1.62. The van der Waals surface area contributed by atoms with E-state index in [9.17, 15) is 0 Å². The standard InChI is InChI=1S/C10H17N3/c1-8(2)12-7-9-5-4-6-10(11-3)13-9/h4-6,8,12H,7H2,1-3H3,(H,11,13). The summed E-state index contributed by atoms with van der Waals surface area (Å²) in [6.45, 7) is 5.08. The van der Waals surface area contributed by atoms with E-state index in [0.29, 0.717) is 6.04 Å². The molecule has 72 valence electrons. The third-order valence-corrected chi connectivity index (χ3v) is 1.75. The van der Waals surface area contributed by atoms with Crippen LogP contribution in [0.1, 0.15) is 19.5 Å². The van der Waals surface area contributed by atoms with Crippen molar-refractivity contribution in [2.24, 2.45) is 0 Å². The predicted molar refractivity (Wildman–Crippen MR) is 55.8 cm³/mol. The fourth-order valence-electron chi connectivity index (χ4n) is 1.03. The van der Waals surface area contributed by atoms with E-state index >= 15 is 0 Å². The molecule has 0 saturated carbocycles. The van der Waals surface area contributed by atoms with Gasteiger partial charge in [-0.3, -0.25) is 0 Å². The number of anilines is 1. The van der Waals surface area contributed by atoms with Crippen molar-refractivity contribution in [3.8, 4) is 0 Å². The molecule has 13 heavy (non-hydrogen) atoms. The van der Waals surface area contributed by atoms with Gasteiger partial charge in [0.15, 0.2) is 0 Å². The zero-order valence-electron chi connectivity index (χ0n) is 8.46. The Bertz CT molecular complexity index is 258. The highest BCUT2D eigenvalue weighted by Gasteiger charge is 1.97. The fourth-order valence-corrected chi connectivity index (χ4v) is 1.03. The molecule has 0 unspecified atom stereocenters. The Morgan fingerprint density at radius 2 is 2.15 bits per heavy atom. The molecule has 0 saturated heterocycles. The first-order valence-electron chi connectivity index (χ1n) is 4.59. The smallest absolute Gasteiger partial charge is 0.126 e. The van der Waals surface area contributed by atoms with Crippen molar-refractivity contribution in [2.75, 3.05) is 12.4 Å². The maximum absolute atomic E-state index is 4.39. The molecule has 3 heteroatoms. The fraction of sp³-hybridized carbons (Fsp3) is 0.500. The van der Waals surface area contributed by atoms with Crippen LogP contribution in [0.3, 0.4) is 0 Å². The van der Waals surface area contributed by atoms with Gasteiger partial charge >= 0.3 is 0 Å². The molecule has 0 radical (unpaired) electrons. The highest BCUT2D eigenvalue weighted by molar-refractivity contribution is 5.34. The van der Waals surface area contributed by atoms with Crippen LogP contribution in [0.4, 0.5) is 5.82 Å². The molecule has 0 aliphatic carbocycles. The van der Waals surface area contributed by atoms with Gasteiger partial charge in [0, 0.05) is 19.6 Å². The molecule has 0 aliphatic rings. The molecule has 0 amide bonds. The van der Waals surface area contributed by atoms with Crippen molar-refractivity contribution in [3.05, 3.63) is 23.9 Å². The lowest BCUT2D eigenvalue weighted by Gasteiger charge is -2.08. The molecule has 0 aliphatic heterocycles. The van der Waals surface area contributed by atoms with Gasteiger partial charge in [-0.15, -0.1) is 0 Å². The highest BCUT2D eigenvalue weighted by Crippen LogP contribution is 2.03. The zero-order valence-corrected chi connectivity index (χ0v) is 8.46. The largest absolute Gasteiger partial charge is 0.373 e. The molecule has 1 aromatic rings. The van der Waals surface area contributed by atoms with Gasteiger partial charge in [-0.2, -0.15) is 0 Å². The Labute approximate surface area is 79.6 Å². The number of aromatic nitrogens is 1. The Hall–Kier alpha value is -1.09. The summed E-state index contributed by atoms with van der Waals surface area (Å²) in [5.74, 6) is 0.919. The topological polar surface area (TPSA) is 37.0 Å². The Kier molecular flexibility index (Phi) is 3.71. The quantitative estimate of drug-likeness (QED) is 0.737. The van der Waals surface area contributed by atoms with Gasteiger partial charge in [-0.25, -0.2) is 4.98 Å². The molecule has 0 bridgehead atoms. The molecular weight excluding hydrogens is 162 g/mol. The van der Waals surface area contributed by atoms with Crippen LogP contribution in [0.15, 0.2) is 18.2 Å². The summed E-state index contributed by atoms with van der Waals surface area (Å²) < 4.78 is 0. The van der Waals surface area contributed by atoms with Crippen molar-refractivity contribution in [1.82, 2.24) is 10.3 Å². The number of nitrogens with one attached hydrogen (secondary N) is 2. The summed E-state index contributed by atoms with van der Waals surface area (Å²) in [6, 6.07) is 6.49.